The quantitative estimate of drug-likeness (QED) is 0.472. The third-order valence-electron chi connectivity index (χ3n) is 4.21. The van der Waals surface area contributed by atoms with Crippen molar-refractivity contribution >= 4 is 0 Å². The fraction of sp³-hybridized carbons (Fsp3) is 0.667. The van der Waals surface area contributed by atoms with E-state index in [0.717, 1.165) is 38.5 Å². The summed E-state index contributed by atoms with van der Waals surface area (Å²) < 4.78 is 0. The summed E-state index contributed by atoms with van der Waals surface area (Å²) in [6.07, 6.45) is 5.57. The fourth-order valence-electron chi connectivity index (χ4n) is 2.54. The first kappa shape index (κ1) is 19.1. The average molecular weight is 310 g/mol. The molecular weight excluding hydrogens is 280 g/mol. The second-order valence-corrected chi connectivity index (χ2v) is 6.06. The van der Waals surface area contributed by atoms with Crippen molar-refractivity contribution in [1.82, 2.24) is 0 Å². The largest absolute Gasteiger partial charge is 0.396 e. The van der Waals surface area contributed by atoms with Crippen molar-refractivity contribution in [2.75, 3.05) is 26.4 Å². The van der Waals surface area contributed by atoms with Gasteiger partial charge in [-0.1, -0.05) is 24.3 Å². The zero-order valence-corrected chi connectivity index (χ0v) is 13.3. The third kappa shape index (κ3) is 7.36. The summed E-state index contributed by atoms with van der Waals surface area (Å²) in [6, 6.07) is 8.55. The highest BCUT2D eigenvalue weighted by Crippen LogP contribution is 2.14. The molecule has 0 spiro atoms. The molecule has 0 fully saturated rings. The Bertz CT molecular complexity index is 332. The molecule has 0 atom stereocenters. The standard InChI is InChI=1S/C18H30O4/c19-11-17(12-20)5-1-3-15-7-9-16(10-8-15)4-2-6-18(13-21)14-22/h7-10,17-22H,1-6,11-14H2. The molecule has 0 aromatic heterocycles. The average Bonchev–Trinajstić information content (AvgIpc) is 2.57. The van der Waals surface area contributed by atoms with Gasteiger partial charge in [0.2, 0.25) is 0 Å². The van der Waals surface area contributed by atoms with Gasteiger partial charge in [-0.15, -0.1) is 0 Å². The maximum Gasteiger partial charge on any atom is 0.0481 e. The zero-order chi connectivity index (χ0) is 16.2. The van der Waals surface area contributed by atoms with Gasteiger partial charge in [0.05, 0.1) is 0 Å². The van der Waals surface area contributed by atoms with Gasteiger partial charge in [0.1, 0.15) is 0 Å². The lowest BCUT2D eigenvalue weighted by Crippen LogP contribution is -2.11. The molecule has 0 unspecified atom stereocenters. The van der Waals surface area contributed by atoms with E-state index >= 15 is 0 Å². The summed E-state index contributed by atoms with van der Waals surface area (Å²) in [4.78, 5) is 0. The molecule has 1 rings (SSSR count). The van der Waals surface area contributed by atoms with Crippen molar-refractivity contribution in [2.24, 2.45) is 11.8 Å². The number of hydrogen-bond acceptors (Lipinski definition) is 4. The SMILES string of the molecule is OCC(CO)CCCc1ccc(CCCC(CO)CO)cc1. The second-order valence-electron chi connectivity index (χ2n) is 6.06. The number of aliphatic hydroxyl groups excluding tert-OH is 4. The Hall–Kier alpha value is -0.940. The van der Waals surface area contributed by atoms with E-state index < -0.39 is 0 Å². The zero-order valence-electron chi connectivity index (χ0n) is 13.3. The normalized spacial score (nSPS) is 11.5. The van der Waals surface area contributed by atoms with Gasteiger partial charge < -0.3 is 20.4 Å². The minimum Gasteiger partial charge on any atom is -0.396 e. The second kappa shape index (κ2) is 11.6. The highest BCUT2D eigenvalue weighted by atomic mass is 16.3. The van der Waals surface area contributed by atoms with Crippen LogP contribution in [0.5, 0.6) is 0 Å². The van der Waals surface area contributed by atoms with Gasteiger partial charge in [0.25, 0.3) is 0 Å². The Balaban J connectivity index is 2.27. The van der Waals surface area contributed by atoms with Crippen LogP contribution >= 0.6 is 0 Å². The molecule has 4 N–H and O–H groups in total. The highest BCUT2D eigenvalue weighted by Gasteiger charge is 2.06. The molecule has 4 nitrogen and oxygen atoms in total. The predicted octanol–water partition coefficient (Wildman–Crippen LogP) is 1.53. The highest BCUT2D eigenvalue weighted by molar-refractivity contribution is 5.22. The van der Waals surface area contributed by atoms with Crippen molar-refractivity contribution in [2.45, 2.75) is 38.5 Å². The minimum atomic E-state index is 0.00488. The third-order valence-corrected chi connectivity index (χ3v) is 4.21. The van der Waals surface area contributed by atoms with Crippen LogP contribution in [0.3, 0.4) is 0 Å². The molecule has 0 aliphatic carbocycles. The van der Waals surface area contributed by atoms with Crippen molar-refractivity contribution in [3.63, 3.8) is 0 Å². The molecule has 0 radical (unpaired) electrons. The predicted molar refractivity (Wildman–Crippen MR) is 87.6 cm³/mol. The van der Waals surface area contributed by atoms with Crippen LogP contribution in [0.25, 0.3) is 0 Å². The molecule has 0 aliphatic heterocycles. The van der Waals surface area contributed by atoms with Crippen molar-refractivity contribution in [3.8, 4) is 0 Å². The summed E-state index contributed by atoms with van der Waals surface area (Å²) in [5.41, 5.74) is 2.56. The van der Waals surface area contributed by atoms with Gasteiger partial charge in [-0.05, 0) is 49.7 Å². The lowest BCUT2D eigenvalue weighted by molar-refractivity contribution is 0.142. The number of rotatable bonds is 12. The maximum atomic E-state index is 9.03. The molecule has 0 saturated heterocycles. The molecule has 1 aromatic rings. The molecule has 0 bridgehead atoms. The van der Waals surface area contributed by atoms with Crippen LogP contribution in [0.1, 0.15) is 36.8 Å². The van der Waals surface area contributed by atoms with E-state index in [-0.39, 0.29) is 38.3 Å². The fourth-order valence-corrected chi connectivity index (χ4v) is 2.54. The van der Waals surface area contributed by atoms with Gasteiger partial charge in [0, 0.05) is 38.3 Å². The number of aryl methyl sites for hydroxylation is 2. The lowest BCUT2D eigenvalue weighted by atomic mass is 9.98. The molecule has 0 amide bonds. The van der Waals surface area contributed by atoms with Gasteiger partial charge in [-0.2, -0.15) is 0 Å². The summed E-state index contributed by atoms with van der Waals surface area (Å²) in [6.45, 7) is 0.215. The molecule has 0 heterocycles. The summed E-state index contributed by atoms with van der Waals surface area (Å²) in [5, 5.41) is 36.1. The first-order chi connectivity index (χ1) is 10.7. The van der Waals surface area contributed by atoms with Gasteiger partial charge in [-0.25, -0.2) is 0 Å². The van der Waals surface area contributed by atoms with E-state index in [0.29, 0.717) is 0 Å². The van der Waals surface area contributed by atoms with Gasteiger partial charge in [-0.3, -0.25) is 0 Å². The monoisotopic (exact) mass is 310 g/mol. The molecule has 1 aromatic carbocycles. The molecule has 22 heavy (non-hydrogen) atoms. The molecule has 4 heteroatoms. The summed E-state index contributed by atoms with van der Waals surface area (Å²) in [7, 11) is 0. The number of aliphatic hydroxyl groups is 4. The van der Waals surface area contributed by atoms with E-state index in [9.17, 15) is 0 Å². The molecule has 0 saturated carbocycles. The first-order valence-corrected chi connectivity index (χ1v) is 8.24. The molecule has 126 valence electrons. The van der Waals surface area contributed by atoms with Crippen LogP contribution in [-0.2, 0) is 12.8 Å². The van der Waals surface area contributed by atoms with Crippen molar-refractivity contribution in [1.29, 1.82) is 0 Å². The Morgan fingerprint density at radius 2 is 0.909 bits per heavy atom. The maximum absolute atomic E-state index is 9.03. The smallest absolute Gasteiger partial charge is 0.0481 e. The van der Waals surface area contributed by atoms with E-state index in [4.69, 9.17) is 20.4 Å². The van der Waals surface area contributed by atoms with Gasteiger partial charge in [0.15, 0.2) is 0 Å². The minimum absolute atomic E-state index is 0.00488. The van der Waals surface area contributed by atoms with Crippen LogP contribution in [0.4, 0.5) is 0 Å². The Morgan fingerprint density at radius 3 is 1.18 bits per heavy atom. The van der Waals surface area contributed by atoms with E-state index in [2.05, 4.69) is 24.3 Å². The molecule has 0 aliphatic rings. The Morgan fingerprint density at radius 1 is 0.591 bits per heavy atom. The Labute approximate surface area is 133 Å². The van der Waals surface area contributed by atoms with Crippen LogP contribution < -0.4 is 0 Å². The summed E-state index contributed by atoms with van der Waals surface area (Å²) >= 11 is 0. The Kier molecular flexibility index (Phi) is 10.1. The summed E-state index contributed by atoms with van der Waals surface area (Å²) in [5.74, 6) is 0.00976. The number of benzene rings is 1. The first-order valence-electron chi connectivity index (χ1n) is 8.24. The van der Waals surface area contributed by atoms with Crippen molar-refractivity contribution in [3.05, 3.63) is 35.4 Å². The van der Waals surface area contributed by atoms with E-state index in [1.165, 1.54) is 11.1 Å². The van der Waals surface area contributed by atoms with Crippen molar-refractivity contribution < 1.29 is 20.4 Å². The van der Waals surface area contributed by atoms with Gasteiger partial charge >= 0.3 is 0 Å². The van der Waals surface area contributed by atoms with E-state index in [1.54, 1.807) is 0 Å². The van der Waals surface area contributed by atoms with E-state index in [1.807, 2.05) is 0 Å². The van der Waals surface area contributed by atoms with Crippen LogP contribution in [0, 0.1) is 11.8 Å². The van der Waals surface area contributed by atoms with Crippen LogP contribution in [0.15, 0.2) is 24.3 Å². The molecular formula is C18H30O4. The van der Waals surface area contributed by atoms with Crippen LogP contribution in [0.2, 0.25) is 0 Å². The number of hydrogen-bond donors (Lipinski definition) is 4. The topological polar surface area (TPSA) is 80.9 Å². The van der Waals surface area contributed by atoms with Crippen LogP contribution in [-0.4, -0.2) is 46.9 Å². The lowest BCUT2D eigenvalue weighted by Gasteiger charge is -2.11.